The first-order valence-electron chi connectivity index (χ1n) is 7.26. The Bertz CT molecular complexity index is 509. The Morgan fingerprint density at radius 3 is 2.43 bits per heavy atom. The van der Waals surface area contributed by atoms with Crippen molar-refractivity contribution in [2.75, 3.05) is 6.54 Å². The number of halogens is 1. The van der Waals surface area contributed by atoms with Crippen molar-refractivity contribution in [2.45, 2.75) is 38.5 Å². The van der Waals surface area contributed by atoms with Crippen LogP contribution in [0.1, 0.15) is 37.7 Å². The van der Waals surface area contributed by atoms with Crippen molar-refractivity contribution in [1.82, 2.24) is 5.32 Å². The van der Waals surface area contributed by atoms with Crippen LogP contribution in [-0.4, -0.2) is 23.5 Å². The third-order valence-electron chi connectivity index (χ3n) is 4.14. The molecule has 1 fully saturated rings. The third kappa shape index (κ3) is 4.21. The Hall–Kier alpha value is -1.55. The van der Waals surface area contributed by atoms with Crippen molar-refractivity contribution in [3.05, 3.63) is 34.9 Å². The van der Waals surface area contributed by atoms with E-state index in [4.69, 9.17) is 11.6 Å². The Labute approximate surface area is 129 Å². The standard InChI is InChI=1S/C16H20ClNO3/c17-13-6-4-12(5-7-13)3-1-10-18-14(19)11-16(15(20)21)8-2-9-16/h4-7H,1-3,8-11H2,(H,18,19)(H,20,21). The average Bonchev–Trinajstić information content (AvgIpc) is 2.40. The smallest absolute Gasteiger partial charge is 0.310 e. The Balaban J connectivity index is 1.67. The van der Waals surface area contributed by atoms with E-state index in [1.165, 1.54) is 5.56 Å². The molecule has 5 heteroatoms. The molecular weight excluding hydrogens is 290 g/mol. The van der Waals surface area contributed by atoms with Gasteiger partial charge in [-0.25, -0.2) is 0 Å². The number of nitrogens with one attached hydrogen (secondary N) is 1. The van der Waals surface area contributed by atoms with Gasteiger partial charge in [-0.15, -0.1) is 0 Å². The van der Waals surface area contributed by atoms with Crippen molar-refractivity contribution in [3.63, 3.8) is 0 Å². The van der Waals surface area contributed by atoms with Gasteiger partial charge in [0, 0.05) is 18.0 Å². The van der Waals surface area contributed by atoms with Crippen LogP contribution in [0.4, 0.5) is 0 Å². The van der Waals surface area contributed by atoms with Gasteiger partial charge in [-0.05, 0) is 43.4 Å². The van der Waals surface area contributed by atoms with Crippen molar-refractivity contribution in [2.24, 2.45) is 5.41 Å². The molecule has 4 nitrogen and oxygen atoms in total. The molecule has 2 rings (SSSR count). The molecule has 1 aliphatic rings. The predicted octanol–water partition coefficient (Wildman–Crippen LogP) is 3.03. The van der Waals surface area contributed by atoms with Crippen LogP contribution in [0.3, 0.4) is 0 Å². The van der Waals surface area contributed by atoms with Gasteiger partial charge in [-0.2, -0.15) is 0 Å². The van der Waals surface area contributed by atoms with Crippen molar-refractivity contribution >= 4 is 23.5 Å². The van der Waals surface area contributed by atoms with Gasteiger partial charge in [0.25, 0.3) is 0 Å². The molecule has 21 heavy (non-hydrogen) atoms. The van der Waals surface area contributed by atoms with E-state index in [0.717, 1.165) is 19.3 Å². The number of carbonyl (C=O) groups is 2. The second kappa shape index (κ2) is 6.94. The topological polar surface area (TPSA) is 66.4 Å². The van der Waals surface area contributed by atoms with E-state index in [-0.39, 0.29) is 12.3 Å². The third-order valence-corrected chi connectivity index (χ3v) is 4.39. The summed E-state index contributed by atoms with van der Waals surface area (Å²) in [6.45, 7) is 0.567. The van der Waals surface area contributed by atoms with Crippen LogP contribution < -0.4 is 5.32 Å². The second-order valence-corrected chi connectivity index (χ2v) is 6.13. The Kier molecular flexibility index (Phi) is 5.23. The normalized spacial score (nSPS) is 16.0. The molecule has 1 amide bonds. The molecule has 0 spiro atoms. The number of carboxylic acids is 1. The highest BCUT2D eigenvalue weighted by molar-refractivity contribution is 6.30. The number of aryl methyl sites for hydroxylation is 1. The van der Waals surface area contributed by atoms with Crippen LogP contribution in [0.2, 0.25) is 5.02 Å². The van der Waals surface area contributed by atoms with E-state index < -0.39 is 11.4 Å². The van der Waals surface area contributed by atoms with Crippen molar-refractivity contribution < 1.29 is 14.7 Å². The van der Waals surface area contributed by atoms with Gasteiger partial charge in [0.2, 0.25) is 5.91 Å². The van der Waals surface area contributed by atoms with E-state index in [9.17, 15) is 14.7 Å². The summed E-state index contributed by atoms with van der Waals surface area (Å²) in [6, 6.07) is 7.64. The maximum absolute atomic E-state index is 11.8. The predicted molar refractivity (Wildman–Crippen MR) is 81.3 cm³/mol. The number of carboxylic acid groups (broad SMARTS) is 1. The highest BCUT2D eigenvalue weighted by Gasteiger charge is 2.45. The number of rotatable bonds is 7. The van der Waals surface area contributed by atoms with Gasteiger partial charge in [-0.3, -0.25) is 9.59 Å². The summed E-state index contributed by atoms with van der Waals surface area (Å²) in [7, 11) is 0. The average molecular weight is 310 g/mol. The Morgan fingerprint density at radius 1 is 1.24 bits per heavy atom. The lowest BCUT2D eigenvalue weighted by molar-refractivity contribution is -0.157. The molecule has 0 saturated heterocycles. The maximum atomic E-state index is 11.8. The first kappa shape index (κ1) is 15.8. The van der Waals surface area contributed by atoms with Gasteiger partial charge in [0.1, 0.15) is 0 Å². The molecule has 0 atom stereocenters. The first-order valence-corrected chi connectivity index (χ1v) is 7.64. The second-order valence-electron chi connectivity index (χ2n) is 5.70. The molecule has 1 aromatic carbocycles. The quantitative estimate of drug-likeness (QED) is 0.761. The fourth-order valence-electron chi connectivity index (χ4n) is 2.61. The fourth-order valence-corrected chi connectivity index (χ4v) is 2.74. The molecule has 114 valence electrons. The number of hydrogen-bond acceptors (Lipinski definition) is 2. The van der Waals surface area contributed by atoms with Crippen LogP contribution in [0, 0.1) is 5.41 Å². The van der Waals surface area contributed by atoms with E-state index in [1.807, 2.05) is 24.3 Å². The fraction of sp³-hybridized carbons (Fsp3) is 0.500. The largest absolute Gasteiger partial charge is 0.481 e. The van der Waals surface area contributed by atoms with E-state index in [1.54, 1.807) is 0 Å². The highest BCUT2D eigenvalue weighted by Crippen LogP contribution is 2.44. The summed E-state index contributed by atoms with van der Waals surface area (Å²) in [5.41, 5.74) is 0.370. The van der Waals surface area contributed by atoms with Gasteiger partial charge >= 0.3 is 5.97 Å². The number of aliphatic carboxylic acids is 1. The minimum Gasteiger partial charge on any atom is -0.481 e. The monoisotopic (exact) mass is 309 g/mol. The molecule has 0 radical (unpaired) electrons. The van der Waals surface area contributed by atoms with Crippen LogP contribution in [0.25, 0.3) is 0 Å². The molecule has 0 bridgehead atoms. The van der Waals surface area contributed by atoms with Crippen LogP contribution in [-0.2, 0) is 16.0 Å². The number of benzene rings is 1. The molecule has 0 aliphatic heterocycles. The summed E-state index contributed by atoms with van der Waals surface area (Å²) >= 11 is 5.82. The molecule has 2 N–H and O–H groups in total. The summed E-state index contributed by atoms with van der Waals surface area (Å²) in [4.78, 5) is 23.0. The van der Waals surface area contributed by atoms with Crippen LogP contribution in [0.15, 0.2) is 24.3 Å². The zero-order chi connectivity index (χ0) is 15.3. The summed E-state index contributed by atoms with van der Waals surface area (Å²) in [5.74, 6) is -1.00. The van der Waals surface area contributed by atoms with Gasteiger partial charge in [0.15, 0.2) is 0 Å². The van der Waals surface area contributed by atoms with Crippen molar-refractivity contribution in [1.29, 1.82) is 0 Å². The zero-order valence-corrected chi connectivity index (χ0v) is 12.7. The van der Waals surface area contributed by atoms with Crippen LogP contribution in [0.5, 0.6) is 0 Å². The summed E-state index contributed by atoms with van der Waals surface area (Å²) in [5, 5.41) is 12.7. The molecular formula is C16H20ClNO3. The molecule has 0 aromatic heterocycles. The minimum atomic E-state index is -0.843. The van der Waals surface area contributed by atoms with E-state index in [2.05, 4.69) is 5.32 Å². The number of hydrogen-bond donors (Lipinski definition) is 2. The molecule has 1 saturated carbocycles. The molecule has 1 aliphatic carbocycles. The molecule has 0 unspecified atom stereocenters. The summed E-state index contributed by atoms with van der Waals surface area (Å²) < 4.78 is 0. The molecule has 0 heterocycles. The number of amides is 1. The maximum Gasteiger partial charge on any atom is 0.310 e. The Morgan fingerprint density at radius 2 is 1.90 bits per heavy atom. The molecule has 1 aromatic rings. The van der Waals surface area contributed by atoms with Crippen molar-refractivity contribution in [3.8, 4) is 0 Å². The first-order chi connectivity index (χ1) is 10.0. The zero-order valence-electron chi connectivity index (χ0n) is 11.9. The van der Waals surface area contributed by atoms with Gasteiger partial charge in [0.05, 0.1) is 5.41 Å². The van der Waals surface area contributed by atoms with Gasteiger partial charge < -0.3 is 10.4 Å². The lowest BCUT2D eigenvalue weighted by Crippen LogP contribution is -2.42. The van der Waals surface area contributed by atoms with E-state index >= 15 is 0 Å². The number of carbonyl (C=O) groups excluding carboxylic acids is 1. The highest BCUT2D eigenvalue weighted by atomic mass is 35.5. The van der Waals surface area contributed by atoms with E-state index in [0.29, 0.717) is 24.4 Å². The SMILES string of the molecule is O=C(CC1(C(=O)O)CCC1)NCCCc1ccc(Cl)cc1. The minimum absolute atomic E-state index is 0.100. The van der Waals surface area contributed by atoms with Crippen LogP contribution >= 0.6 is 11.6 Å². The summed E-state index contributed by atoms with van der Waals surface area (Å²) in [6.07, 6.45) is 3.91. The van der Waals surface area contributed by atoms with Gasteiger partial charge in [-0.1, -0.05) is 30.2 Å². The lowest BCUT2D eigenvalue weighted by Gasteiger charge is -2.36. The lowest BCUT2D eigenvalue weighted by atomic mass is 9.66.